The van der Waals surface area contributed by atoms with Crippen LogP contribution in [0.5, 0.6) is 0 Å². The van der Waals surface area contributed by atoms with Gasteiger partial charge in [0.1, 0.15) is 8.07 Å². The number of rotatable bonds is 10. The molecule has 0 fully saturated rings. The van der Waals surface area contributed by atoms with Gasteiger partial charge in [0.05, 0.1) is 0 Å². The molecule has 7 aromatic rings. The number of hydrogen-bond donors (Lipinski definition) is 0. The predicted molar refractivity (Wildman–Crippen MR) is 243 cm³/mol. The second-order valence-corrected chi connectivity index (χ2v) is 20.4. The minimum absolute atomic E-state index is 0. The molecule has 0 radical (unpaired) electrons. The quantitative estimate of drug-likeness (QED) is 0.112. The zero-order valence-corrected chi connectivity index (χ0v) is 41.1. The molecule has 0 N–H and O–H groups in total. The van der Waals surface area contributed by atoms with Crippen LogP contribution in [0.2, 0.25) is 0 Å². The topological polar surface area (TPSA) is 0 Å². The van der Waals surface area contributed by atoms with Crippen molar-refractivity contribution in [2.45, 2.75) is 87.0 Å². The van der Waals surface area contributed by atoms with E-state index in [9.17, 15) is 0 Å². The van der Waals surface area contributed by atoms with Gasteiger partial charge in [0.2, 0.25) is 0 Å². The minimum atomic E-state index is -2.98. The third-order valence-corrected chi connectivity index (χ3v) is 17.5. The third kappa shape index (κ3) is 9.68. The molecule has 0 aromatic heterocycles. The van der Waals surface area contributed by atoms with Crippen LogP contribution in [-0.2, 0) is 21.7 Å². The zero-order chi connectivity index (χ0) is 39.0. The third-order valence-electron chi connectivity index (χ3n) is 12.4. The first-order valence-corrected chi connectivity index (χ1v) is 22.3. The van der Waals surface area contributed by atoms with Crippen LogP contribution < -0.4 is 58.0 Å². The zero-order valence-electron chi connectivity index (χ0n) is 36.2. The summed E-state index contributed by atoms with van der Waals surface area (Å²) in [7, 11) is -2.98. The summed E-state index contributed by atoms with van der Waals surface area (Å²) in [5.41, 5.74) is 17.3. The molecule has 0 aliphatic carbocycles. The van der Waals surface area contributed by atoms with Gasteiger partial charge in [-0.05, 0) is 67.8 Å². The molecule has 0 nitrogen and oxygen atoms in total. The van der Waals surface area contributed by atoms with E-state index < -0.39 is 8.07 Å². The fourth-order valence-electron chi connectivity index (χ4n) is 8.69. The van der Waals surface area contributed by atoms with Crippen molar-refractivity contribution in [1.82, 2.24) is 0 Å². The molecule has 0 amide bonds. The average molecular weight is 888 g/mol. The van der Waals surface area contributed by atoms with E-state index in [1.807, 2.05) is 0 Å². The summed E-state index contributed by atoms with van der Waals surface area (Å²) >= 11 is 0. The molecule has 0 spiro atoms. The summed E-state index contributed by atoms with van der Waals surface area (Å²) in [5.74, 6) is 1.49. The summed E-state index contributed by atoms with van der Waals surface area (Å²) in [5, 5.41) is 5.76. The van der Waals surface area contributed by atoms with Gasteiger partial charge < -0.3 is 37.2 Å². The van der Waals surface area contributed by atoms with E-state index in [4.69, 9.17) is 0 Å². The van der Waals surface area contributed by atoms with Crippen LogP contribution in [0.15, 0.2) is 146 Å². The molecule has 7 aromatic carbocycles. The van der Waals surface area contributed by atoms with Crippen molar-refractivity contribution in [2.75, 3.05) is 0 Å². The summed E-state index contributed by atoms with van der Waals surface area (Å²) in [4.78, 5) is 0. The number of halogens is 3. The molecule has 0 atom stereocenters. The van der Waals surface area contributed by atoms with Crippen molar-refractivity contribution < 1.29 is 58.9 Å². The monoisotopic (exact) mass is 886 g/mol. The first-order valence-electron chi connectivity index (χ1n) is 20.3. The molecule has 0 bridgehead atoms. The maximum Gasteiger partial charge on any atom is 4.00 e. The molecule has 0 aliphatic heterocycles. The van der Waals surface area contributed by atoms with Crippen molar-refractivity contribution in [2.24, 2.45) is 0 Å². The number of hydrogen-bond acceptors (Lipinski definition) is 0. The average Bonchev–Trinajstić information content (AvgIpc) is 3.40. The maximum atomic E-state index is 2.53. The first kappa shape index (κ1) is 49.8. The van der Waals surface area contributed by atoms with Gasteiger partial charge in [-0.2, -0.15) is 22.3 Å². The van der Waals surface area contributed by atoms with Crippen molar-refractivity contribution >= 4 is 28.8 Å². The second-order valence-electron chi connectivity index (χ2n) is 16.7. The van der Waals surface area contributed by atoms with E-state index in [0.29, 0.717) is 17.8 Å². The molecular weight excluding hydrogens is 831 g/mol. The van der Waals surface area contributed by atoms with Gasteiger partial charge in [0.15, 0.2) is 0 Å². The first-order chi connectivity index (χ1) is 26.4. The standard InChI is InChI=1S/C54H57Si.3ClH.Ti/c1-35(2)42-20-26-45(27-21-42)48-14-11-17-51(32-48)55(54-40(9)38(7)39(8)41(54)10,52-18-12-15-49(33-52)46-28-22-43(23-29-46)36(3)4)53-19-13-16-50(34-53)47-30-24-44(25-31-47)37(5)6;;;;/h11-37H,1-10H3;3*1H;/q-1;;;;+4/p-3. The Morgan fingerprint density at radius 1 is 0.356 bits per heavy atom. The largest absolute Gasteiger partial charge is 4.00 e. The Kier molecular flexibility index (Phi) is 17.6. The Hall–Kier alpha value is -3.53. The Balaban J connectivity index is 0.00000233. The Morgan fingerprint density at radius 2 is 0.610 bits per heavy atom. The van der Waals surface area contributed by atoms with E-state index in [1.165, 1.54) is 93.1 Å². The van der Waals surface area contributed by atoms with Crippen LogP contribution in [0, 0.1) is 27.7 Å². The summed E-state index contributed by atoms with van der Waals surface area (Å²) in [6.07, 6.45) is 0. The van der Waals surface area contributed by atoms with Gasteiger partial charge in [-0.3, -0.25) is 0 Å². The van der Waals surface area contributed by atoms with E-state index in [1.54, 1.807) is 0 Å². The predicted octanol–water partition coefficient (Wildman–Crippen LogP) is 3.40. The molecule has 59 heavy (non-hydrogen) atoms. The Bertz CT molecular complexity index is 2190. The van der Waals surface area contributed by atoms with E-state index >= 15 is 0 Å². The molecular formula is C54H57Cl3SiTi. The maximum absolute atomic E-state index is 2.98. The molecule has 0 saturated heterocycles. The van der Waals surface area contributed by atoms with Crippen LogP contribution in [-0.4, -0.2) is 8.07 Å². The second kappa shape index (κ2) is 20.8. The Labute approximate surface area is 389 Å². The SMILES string of the molecule is Cc1c(C)c(C)[c-]([Si](c2cccc(-c3ccc(C(C)C)cc3)c2)(c2cccc(-c3ccc(C(C)C)cc3)c2)c2cccc(-c3ccc(C(C)C)cc3)c2)c1C.[Cl-].[Cl-].[Cl-].[Ti+4]. The van der Waals surface area contributed by atoms with Crippen LogP contribution in [0.25, 0.3) is 33.4 Å². The van der Waals surface area contributed by atoms with E-state index in [0.717, 1.165) is 0 Å². The summed E-state index contributed by atoms with van der Waals surface area (Å²) < 4.78 is 0. The summed E-state index contributed by atoms with van der Waals surface area (Å²) in [6, 6.07) is 56.4. The van der Waals surface area contributed by atoms with Crippen LogP contribution in [0.4, 0.5) is 0 Å². The minimum Gasteiger partial charge on any atom is -1.00 e. The van der Waals surface area contributed by atoms with Gasteiger partial charge >= 0.3 is 21.7 Å². The molecule has 0 aliphatic rings. The fraction of sp³-hybridized carbons (Fsp3) is 0.241. The number of benzene rings is 6. The van der Waals surface area contributed by atoms with Crippen molar-refractivity contribution in [3.8, 4) is 33.4 Å². The van der Waals surface area contributed by atoms with Crippen LogP contribution >= 0.6 is 0 Å². The Morgan fingerprint density at radius 3 is 0.847 bits per heavy atom. The molecule has 7 rings (SSSR count). The van der Waals surface area contributed by atoms with Gasteiger partial charge in [-0.1, -0.05) is 230 Å². The molecule has 0 unspecified atom stereocenters. The smallest absolute Gasteiger partial charge is 1.00 e. The van der Waals surface area contributed by atoms with E-state index in [2.05, 4.69) is 215 Å². The van der Waals surface area contributed by atoms with Gasteiger partial charge in [0.25, 0.3) is 0 Å². The fourth-order valence-corrected chi connectivity index (χ4v) is 14.2. The van der Waals surface area contributed by atoms with Gasteiger partial charge in [-0.15, -0.1) is 5.19 Å². The van der Waals surface area contributed by atoms with Crippen molar-refractivity contribution in [1.29, 1.82) is 0 Å². The molecule has 302 valence electrons. The molecule has 0 saturated carbocycles. The normalized spacial score (nSPS) is 11.1. The van der Waals surface area contributed by atoms with Gasteiger partial charge in [0, 0.05) is 0 Å². The van der Waals surface area contributed by atoms with Crippen LogP contribution in [0.1, 0.15) is 98.2 Å². The summed E-state index contributed by atoms with van der Waals surface area (Å²) in [6.45, 7) is 23.0. The molecule has 0 heterocycles. The molecule has 5 heteroatoms. The van der Waals surface area contributed by atoms with E-state index in [-0.39, 0.29) is 58.9 Å². The van der Waals surface area contributed by atoms with Crippen molar-refractivity contribution in [3.05, 3.63) is 185 Å². The van der Waals surface area contributed by atoms with Crippen LogP contribution in [0.3, 0.4) is 0 Å². The van der Waals surface area contributed by atoms with Gasteiger partial charge in [-0.25, -0.2) is 0 Å². The van der Waals surface area contributed by atoms with Crippen molar-refractivity contribution in [3.63, 3.8) is 0 Å².